The molecular weight excluding hydrogens is 302 g/mol. The molecule has 2 aliphatic carbocycles. The molecule has 0 aromatic heterocycles. The van der Waals surface area contributed by atoms with E-state index >= 15 is 0 Å². The zero-order chi connectivity index (χ0) is 18.4. The summed E-state index contributed by atoms with van der Waals surface area (Å²) in [6.07, 6.45) is 17.3. The van der Waals surface area contributed by atoms with E-state index in [1.54, 1.807) is 5.57 Å². The maximum atomic E-state index is 3.94. The van der Waals surface area contributed by atoms with Gasteiger partial charge in [0.2, 0.25) is 0 Å². The minimum Gasteiger partial charge on any atom is -0.273 e. The first-order valence-electron chi connectivity index (χ1n) is 10.7. The molecule has 0 amide bonds. The molecule has 0 bridgehead atoms. The van der Waals surface area contributed by atoms with Gasteiger partial charge < -0.3 is 0 Å². The van der Waals surface area contributed by atoms with E-state index in [1.807, 2.05) is 6.20 Å². The number of aliphatic imine (C=N–C) groups is 1. The quantitative estimate of drug-likeness (QED) is 0.318. The second kappa shape index (κ2) is 9.19. The maximum absolute atomic E-state index is 3.94. The predicted molar refractivity (Wildman–Crippen MR) is 112 cm³/mol. The van der Waals surface area contributed by atoms with Crippen LogP contribution in [0, 0.1) is 29.1 Å². The van der Waals surface area contributed by atoms with Crippen molar-refractivity contribution in [1.29, 1.82) is 0 Å². The highest BCUT2D eigenvalue weighted by Gasteiger charge is 2.43. The molecule has 142 valence electrons. The van der Waals surface area contributed by atoms with Crippen LogP contribution in [0.4, 0.5) is 0 Å². The Morgan fingerprint density at radius 2 is 1.84 bits per heavy atom. The van der Waals surface area contributed by atoms with Gasteiger partial charge in [-0.3, -0.25) is 4.99 Å². The van der Waals surface area contributed by atoms with Crippen LogP contribution in [0.2, 0.25) is 0 Å². The van der Waals surface area contributed by atoms with E-state index in [0.717, 1.165) is 23.7 Å². The Bertz CT molecular complexity index is 494. The van der Waals surface area contributed by atoms with Gasteiger partial charge in [0, 0.05) is 6.20 Å². The van der Waals surface area contributed by atoms with Crippen molar-refractivity contribution >= 4 is 6.72 Å². The van der Waals surface area contributed by atoms with Crippen LogP contribution in [-0.2, 0) is 0 Å². The molecule has 1 nitrogen and oxygen atoms in total. The third-order valence-corrected chi connectivity index (χ3v) is 7.48. The summed E-state index contributed by atoms with van der Waals surface area (Å²) in [6.45, 7) is 15.4. The summed E-state index contributed by atoms with van der Waals surface area (Å²) in [4.78, 5) is 3.94. The van der Waals surface area contributed by atoms with Gasteiger partial charge >= 0.3 is 0 Å². The summed E-state index contributed by atoms with van der Waals surface area (Å²) in [6, 6.07) is 0. The average Bonchev–Trinajstić information content (AvgIpc) is 3.40. The van der Waals surface area contributed by atoms with Crippen LogP contribution in [-0.4, -0.2) is 6.72 Å². The van der Waals surface area contributed by atoms with Gasteiger partial charge in [-0.05, 0) is 94.1 Å². The number of hydrogen-bond donors (Lipinski definition) is 0. The fraction of sp³-hybridized carbons (Fsp3) is 0.792. The molecule has 2 saturated carbocycles. The van der Waals surface area contributed by atoms with Crippen molar-refractivity contribution in [2.45, 2.75) is 92.4 Å². The predicted octanol–water partition coefficient (Wildman–Crippen LogP) is 7.59. The molecule has 2 aliphatic rings. The topological polar surface area (TPSA) is 12.4 Å². The third-order valence-electron chi connectivity index (χ3n) is 7.48. The standard InChI is InChI=1S/C24H41N/c1-7-18(2)23(11-10-19(3)20(4)17-25-6)21(5)22-9-8-13-24(14-12-22)15-16-24/h11,17-19,21-22H,6-10,12-16H2,1-5H3/b20-17-,23-11-. The number of nitrogens with zero attached hydrogens (tertiary/aromatic N) is 1. The Balaban J connectivity index is 2.05. The van der Waals surface area contributed by atoms with Crippen molar-refractivity contribution in [1.82, 2.24) is 0 Å². The Morgan fingerprint density at radius 3 is 2.44 bits per heavy atom. The Kier molecular flexibility index (Phi) is 7.52. The number of rotatable bonds is 8. The fourth-order valence-corrected chi connectivity index (χ4v) is 4.79. The molecule has 2 fully saturated rings. The molecule has 1 spiro atoms. The van der Waals surface area contributed by atoms with E-state index in [4.69, 9.17) is 0 Å². The van der Waals surface area contributed by atoms with Crippen molar-refractivity contribution in [3.8, 4) is 0 Å². The Hall–Kier alpha value is -0.850. The van der Waals surface area contributed by atoms with E-state index in [9.17, 15) is 0 Å². The minimum atomic E-state index is 0.556. The van der Waals surface area contributed by atoms with E-state index in [1.165, 1.54) is 56.9 Å². The van der Waals surface area contributed by atoms with Gasteiger partial charge in [-0.25, -0.2) is 0 Å². The monoisotopic (exact) mass is 343 g/mol. The SMILES string of the molecule is C=N/C=C(/C)C(C)C/C=C(/C(C)CC)C(C)C1CCCC2(CC1)CC2. The zero-order valence-electron chi connectivity index (χ0n) is 17.5. The van der Waals surface area contributed by atoms with E-state index < -0.39 is 0 Å². The maximum Gasteiger partial charge on any atom is 0.0252 e. The Morgan fingerprint density at radius 1 is 1.12 bits per heavy atom. The molecule has 4 atom stereocenters. The summed E-state index contributed by atoms with van der Waals surface area (Å²) < 4.78 is 0. The third kappa shape index (κ3) is 5.56. The van der Waals surface area contributed by atoms with E-state index in [-0.39, 0.29) is 0 Å². The molecular formula is C24H41N. The molecule has 4 unspecified atom stereocenters. The summed E-state index contributed by atoms with van der Waals surface area (Å²) in [5.74, 6) is 2.92. The number of allylic oxidation sites excluding steroid dienone is 3. The molecule has 0 saturated heterocycles. The molecule has 2 rings (SSSR count). The lowest BCUT2D eigenvalue weighted by Crippen LogP contribution is -2.18. The summed E-state index contributed by atoms with van der Waals surface area (Å²) in [7, 11) is 0. The number of hydrogen-bond acceptors (Lipinski definition) is 1. The molecule has 0 aromatic carbocycles. The highest BCUT2D eigenvalue weighted by Crippen LogP contribution is 2.56. The second-order valence-electron chi connectivity index (χ2n) is 9.19. The lowest BCUT2D eigenvalue weighted by Gasteiger charge is -2.29. The van der Waals surface area contributed by atoms with Crippen LogP contribution in [0.15, 0.2) is 28.4 Å². The van der Waals surface area contributed by atoms with Crippen LogP contribution >= 0.6 is 0 Å². The van der Waals surface area contributed by atoms with Gasteiger partial charge in [0.05, 0.1) is 0 Å². The van der Waals surface area contributed by atoms with Crippen LogP contribution in [0.5, 0.6) is 0 Å². The van der Waals surface area contributed by atoms with E-state index in [0.29, 0.717) is 11.8 Å². The molecule has 0 radical (unpaired) electrons. The van der Waals surface area contributed by atoms with Gasteiger partial charge in [-0.2, -0.15) is 0 Å². The van der Waals surface area contributed by atoms with Crippen LogP contribution in [0.1, 0.15) is 92.4 Å². The van der Waals surface area contributed by atoms with Gasteiger partial charge in [-0.1, -0.05) is 51.3 Å². The molecule has 0 aromatic rings. The average molecular weight is 344 g/mol. The first kappa shape index (κ1) is 20.5. The normalized spacial score (nSPS) is 27.5. The fourth-order valence-electron chi connectivity index (χ4n) is 4.79. The summed E-state index contributed by atoms with van der Waals surface area (Å²) >= 11 is 0. The molecule has 0 aliphatic heterocycles. The highest BCUT2D eigenvalue weighted by atomic mass is 14.6. The molecule has 0 N–H and O–H groups in total. The largest absolute Gasteiger partial charge is 0.273 e. The lowest BCUT2D eigenvalue weighted by molar-refractivity contribution is 0.327. The smallest absolute Gasteiger partial charge is 0.0252 e. The van der Waals surface area contributed by atoms with Gasteiger partial charge in [0.15, 0.2) is 0 Å². The minimum absolute atomic E-state index is 0.556. The van der Waals surface area contributed by atoms with Crippen molar-refractivity contribution in [2.24, 2.45) is 34.1 Å². The van der Waals surface area contributed by atoms with Gasteiger partial charge in [-0.15, -0.1) is 0 Å². The second-order valence-corrected chi connectivity index (χ2v) is 9.19. The molecule has 25 heavy (non-hydrogen) atoms. The molecule has 0 heterocycles. The van der Waals surface area contributed by atoms with Crippen molar-refractivity contribution in [2.75, 3.05) is 0 Å². The first-order valence-corrected chi connectivity index (χ1v) is 10.7. The van der Waals surface area contributed by atoms with E-state index in [2.05, 4.69) is 52.4 Å². The van der Waals surface area contributed by atoms with Crippen LogP contribution in [0.3, 0.4) is 0 Å². The highest BCUT2D eigenvalue weighted by molar-refractivity contribution is 5.26. The van der Waals surface area contributed by atoms with Crippen LogP contribution in [0.25, 0.3) is 0 Å². The zero-order valence-corrected chi connectivity index (χ0v) is 17.5. The Labute approximate surface area is 157 Å². The van der Waals surface area contributed by atoms with Gasteiger partial charge in [0.25, 0.3) is 0 Å². The van der Waals surface area contributed by atoms with Crippen LogP contribution < -0.4 is 0 Å². The molecule has 1 heteroatoms. The first-order chi connectivity index (χ1) is 11.9. The summed E-state index contributed by atoms with van der Waals surface area (Å²) in [5, 5.41) is 0. The van der Waals surface area contributed by atoms with Crippen molar-refractivity contribution in [3.63, 3.8) is 0 Å². The van der Waals surface area contributed by atoms with Crippen molar-refractivity contribution in [3.05, 3.63) is 23.4 Å². The van der Waals surface area contributed by atoms with Gasteiger partial charge in [0.1, 0.15) is 0 Å². The lowest BCUT2D eigenvalue weighted by atomic mass is 9.76. The van der Waals surface area contributed by atoms with Crippen molar-refractivity contribution < 1.29 is 0 Å². The summed E-state index contributed by atoms with van der Waals surface area (Å²) in [5.41, 5.74) is 3.86.